The third-order valence-corrected chi connectivity index (χ3v) is 4.63. The number of nitrogens with zero attached hydrogens (tertiary/aromatic N) is 5. The molecule has 0 unspecified atom stereocenters. The SMILES string of the molecule is CN=C(NCc1cn2c(C)cccc2n1)N(C)Cc1csc(C)n1. The topological polar surface area (TPSA) is 57.8 Å². The lowest BCUT2D eigenvalue weighted by atomic mass is 10.4. The van der Waals surface area contributed by atoms with Crippen LogP contribution in [0, 0.1) is 13.8 Å². The molecule has 3 rings (SSSR count). The first-order chi connectivity index (χ1) is 11.6. The van der Waals surface area contributed by atoms with Gasteiger partial charge in [-0.25, -0.2) is 9.97 Å². The van der Waals surface area contributed by atoms with Crippen LogP contribution in [0.1, 0.15) is 22.1 Å². The number of aryl methyl sites for hydroxylation is 2. The van der Waals surface area contributed by atoms with Gasteiger partial charge in [0.15, 0.2) is 5.96 Å². The Morgan fingerprint density at radius 3 is 2.79 bits per heavy atom. The van der Waals surface area contributed by atoms with Gasteiger partial charge in [-0.1, -0.05) is 6.07 Å². The van der Waals surface area contributed by atoms with E-state index >= 15 is 0 Å². The highest BCUT2D eigenvalue weighted by molar-refractivity contribution is 7.09. The number of hydrogen-bond donors (Lipinski definition) is 1. The predicted octanol–water partition coefficient (Wildman–Crippen LogP) is 2.62. The number of aromatic nitrogens is 3. The van der Waals surface area contributed by atoms with Gasteiger partial charge in [0.25, 0.3) is 0 Å². The van der Waals surface area contributed by atoms with Crippen LogP contribution >= 0.6 is 11.3 Å². The minimum atomic E-state index is 0.633. The number of hydrogen-bond acceptors (Lipinski definition) is 4. The molecule has 0 bridgehead atoms. The lowest BCUT2D eigenvalue weighted by Crippen LogP contribution is -2.38. The summed E-state index contributed by atoms with van der Waals surface area (Å²) in [5.41, 5.74) is 4.19. The van der Waals surface area contributed by atoms with Crippen LogP contribution in [0.5, 0.6) is 0 Å². The van der Waals surface area contributed by atoms with E-state index in [4.69, 9.17) is 0 Å². The van der Waals surface area contributed by atoms with Gasteiger partial charge in [-0.05, 0) is 26.0 Å². The molecule has 0 aliphatic carbocycles. The summed E-state index contributed by atoms with van der Waals surface area (Å²) in [5, 5.41) is 6.54. The number of nitrogens with one attached hydrogen (secondary N) is 1. The van der Waals surface area contributed by atoms with E-state index in [0.717, 1.165) is 34.5 Å². The van der Waals surface area contributed by atoms with Crippen LogP contribution in [-0.2, 0) is 13.1 Å². The summed E-state index contributed by atoms with van der Waals surface area (Å²) in [6.07, 6.45) is 2.06. The van der Waals surface area contributed by atoms with Gasteiger partial charge in [0.2, 0.25) is 0 Å². The summed E-state index contributed by atoms with van der Waals surface area (Å²) < 4.78 is 2.10. The summed E-state index contributed by atoms with van der Waals surface area (Å²) in [7, 11) is 3.80. The third kappa shape index (κ3) is 3.56. The second kappa shape index (κ2) is 7.00. The maximum Gasteiger partial charge on any atom is 0.194 e. The Morgan fingerprint density at radius 1 is 1.29 bits per heavy atom. The summed E-state index contributed by atoms with van der Waals surface area (Å²) in [6, 6.07) is 6.12. The Balaban J connectivity index is 1.65. The minimum Gasteiger partial charge on any atom is -0.351 e. The van der Waals surface area contributed by atoms with Gasteiger partial charge in [0.05, 0.1) is 29.5 Å². The Bertz CT molecular complexity index is 863. The van der Waals surface area contributed by atoms with Gasteiger partial charge < -0.3 is 14.6 Å². The summed E-state index contributed by atoms with van der Waals surface area (Å²) in [5.74, 6) is 0.828. The van der Waals surface area contributed by atoms with Crippen LogP contribution in [0.4, 0.5) is 0 Å². The van der Waals surface area contributed by atoms with Gasteiger partial charge in [0, 0.05) is 31.4 Å². The van der Waals surface area contributed by atoms with E-state index in [9.17, 15) is 0 Å². The van der Waals surface area contributed by atoms with Crippen LogP contribution in [0.15, 0.2) is 34.8 Å². The molecule has 24 heavy (non-hydrogen) atoms. The van der Waals surface area contributed by atoms with Crippen molar-refractivity contribution < 1.29 is 0 Å². The van der Waals surface area contributed by atoms with Crippen LogP contribution < -0.4 is 5.32 Å². The highest BCUT2D eigenvalue weighted by Gasteiger charge is 2.10. The summed E-state index contributed by atoms with van der Waals surface area (Å²) >= 11 is 1.67. The normalized spacial score (nSPS) is 11.9. The number of thiazole rings is 1. The molecule has 7 heteroatoms. The molecule has 3 aromatic rings. The average molecular weight is 342 g/mol. The zero-order valence-corrected chi connectivity index (χ0v) is 15.3. The van der Waals surface area contributed by atoms with Gasteiger partial charge in [0.1, 0.15) is 5.65 Å². The molecule has 0 saturated carbocycles. The van der Waals surface area contributed by atoms with Gasteiger partial charge in [-0.2, -0.15) is 0 Å². The standard InChI is InChI=1S/C17H22N6S/c1-12-6-5-7-16-21-14(10-23(12)16)8-19-17(18-3)22(4)9-15-11-24-13(2)20-15/h5-7,10-11H,8-9H2,1-4H3,(H,18,19). The highest BCUT2D eigenvalue weighted by Crippen LogP contribution is 2.10. The van der Waals surface area contributed by atoms with Gasteiger partial charge in [-0.3, -0.25) is 4.99 Å². The fraction of sp³-hybridized carbons (Fsp3) is 0.353. The maximum atomic E-state index is 4.64. The molecule has 0 saturated heterocycles. The van der Waals surface area contributed by atoms with E-state index in [0.29, 0.717) is 6.54 Å². The van der Waals surface area contributed by atoms with Crippen LogP contribution in [0.2, 0.25) is 0 Å². The Hall–Kier alpha value is -2.41. The molecular weight excluding hydrogens is 320 g/mol. The lowest BCUT2D eigenvalue weighted by molar-refractivity contribution is 0.470. The molecule has 0 spiro atoms. The monoisotopic (exact) mass is 342 g/mol. The predicted molar refractivity (Wildman–Crippen MR) is 98.4 cm³/mol. The largest absolute Gasteiger partial charge is 0.351 e. The van der Waals surface area contributed by atoms with E-state index < -0.39 is 0 Å². The van der Waals surface area contributed by atoms with Crippen LogP contribution in [0.25, 0.3) is 5.65 Å². The molecule has 3 heterocycles. The number of rotatable bonds is 4. The van der Waals surface area contributed by atoms with Crippen molar-refractivity contribution in [2.24, 2.45) is 4.99 Å². The molecule has 1 N–H and O–H groups in total. The Morgan fingerprint density at radius 2 is 2.12 bits per heavy atom. The first-order valence-corrected chi connectivity index (χ1v) is 8.71. The first-order valence-electron chi connectivity index (χ1n) is 7.83. The van der Waals surface area contributed by atoms with E-state index in [2.05, 4.69) is 54.1 Å². The molecule has 3 aromatic heterocycles. The van der Waals surface area contributed by atoms with E-state index in [1.54, 1.807) is 18.4 Å². The number of fused-ring (bicyclic) bond motifs is 1. The second-order valence-corrected chi connectivity index (χ2v) is 6.80. The van der Waals surface area contributed by atoms with Crippen molar-refractivity contribution in [2.45, 2.75) is 26.9 Å². The average Bonchev–Trinajstić information content (AvgIpc) is 3.15. The number of guanidine groups is 1. The molecule has 0 atom stereocenters. The van der Waals surface area contributed by atoms with Crippen molar-refractivity contribution in [3.63, 3.8) is 0 Å². The van der Waals surface area contributed by atoms with Crippen molar-refractivity contribution in [3.8, 4) is 0 Å². The maximum absolute atomic E-state index is 4.64. The molecule has 0 radical (unpaired) electrons. The van der Waals surface area contributed by atoms with E-state index in [1.807, 2.05) is 26.1 Å². The number of aliphatic imine (C=N–C) groups is 1. The molecular formula is C17H22N6S. The molecule has 126 valence electrons. The molecule has 6 nitrogen and oxygen atoms in total. The van der Waals surface area contributed by atoms with Crippen molar-refractivity contribution in [2.75, 3.05) is 14.1 Å². The van der Waals surface area contributed by atoms with Crippen molar-refractivity contribution in [1.82, 2.24) is 24.6 Å². The van der Waals surface area contributed by atoms with Crippen LogP contribution in [0.3, 0.4) is 0 Å². The van der Waals surface area contributed by atoms with Crippen molar-refractivity contribution >= 4 is 22.9 Å². The van der Waals surface area contributed by atoms with Crippen LogP contribution in [-0.4, -0.2) is 39.3 Å². The van der Waals surface area contributed by atoms with Crippen molar-refractivity contribution in [1.29, 1.82) is 0 Å². The van der Waals surface area contributed by atoms with Gasteiger partial charge >= 0.3 is 0 Å². The zero-order valence-electron chi connectivity index (χ0n) is 14.4. The minimum absolute atomic E-state index is 0.633. The van der Waals surface area contributed by atoms with Gasteiger partial charge in [-0.15, -0.1) is 11.3 Å². The molecule has 0 aromatic carbocycles. The zero-order chi connectivity index (χ0) is 17.1. The van der Waals surface area contributed by atoms with Crippen molar-refractivity contribution in [3.05, 3.63) is 51.9 Å². The smallest absolute Gasteiger partial charge is 0.194 e. The fourth-order valence-corrected chi connectivity index (χ4v) is 3.24. The van der Waals surface area contributed by atoms with E-state index in [1.165, 1.54) is 5.69 Å². The number of pyridine rings is 1. The fourth-order valence-electron chi connectivity index (χ4n) is 2.64. The highest BCUT2D eigenvalue weighted by atomic mass is 32.1. The molecule has 0 amide bonds. The first kappa shape index (κ1) is 16.4. The molecule has 0 aliphatic heterocycles. The third-order valence-electron chi connectivity index (χ3n) is 3.81. The molecule has 0 aliphatic rings. The number of imidazole rings is 1. The van der Waals surface area contributed by atoms with E-state index in [-0.39, 0.29) is 0 Å². The Kier molecular flexibility index (Phi) is 4.80. The molecule has 0 fully saturated rings. The summed E-state index contributed by atoms with van der Waals surface area (Å²) in [6.45, 7) is 5.46. The lowest BCUT2D eigenvalue weighted by Gasteiger charge is -2.20. The Labute approximate surface area is 145 Å². The summed E-state index contributed by atoms with van der Waals surface area (Å²) in [4.78, 5) is 15.6. The quantitative estimate of drug-likeness (QED) is 0.585. The second-order valence-electron chi connectivity index (χ2n) is 5.74.